The van der Waals surface area contributed by atoms with Crippen LogP contribution in [0.15, 0.2) is 54.7 Å². The Balaban J connectivity index is 1.34. The quantitative estimate of drug-likeness (QED) is 0.413. The molecule has 0 saturated carbocycles. The monoisotopic (exact) mass is 473 g/mol. The largest absolute Gasteiger partial charge is 0.444 e. The molecular formula is C22H21F2N5O5. The fourth-order valence-corrected chi connectivity index (χ4v) is 3.51. The Labute approximate surface area is 192 Å². The number of hydrogen-bond donors (Lipinski definition) is 1. The van der Waals surface area contributed by atoms with Crippen molar-refractivity contribution in [1.29, 1.82) is 0 Å². The van der Waals surface area contributed by atoms with Crippen molar-refractivity contribution >= 4 is 17.4 Å². The van der Waals surface area contributed by atoms with Gasteiger partial charge in [-0.25, -0.2) is 0 Å². The SMILES string of the molecule is O=C(Nc1cccc(OC(F)F)c1)c1ccc(CN2CCOc3nc([N+](=O)[O-])cn3CC2)cc1. The number of carbonyl (C=O) groups excluding carboxylic acids is 1. The van der Waals surface area contributed by atoms with E-state index in [1.54, 1.807) is 22.8 Å². The first-order valence-electron chi connectivity index (χ1n) is 10.4. The maximum atomic E-state index is 12.5. The highest BCUT2D eigenvalue weighted by Crippen LogP contribution is 2.21. The molecule has 0 fully saturated rings. The van der Waals surface area contributed by atoms with Gasteiger partial charge in [0.05, 0.1) is 0 Å². The standard InChI is InChI=1S/C22H21F2N5O5/c23-21(24)34-18-3-1-2-17(12-18)25-20(30)16-6-4-15(5-7-16)13-27-8-9-28-14-19(29(31)32)26-22(28)33-11-10-27/h1-7,12,14,21H,8-11,13H2,(H,25,30). The van der Waals surface area contributed by atoms with E-state index in [4.69, 9.17) is 4.74 Å². The fraction of sp³-hybridized carbons (Fsp3) is 0.273. The number of nitrogens with zero attached hydrogens (tertiary/aromatic N) is 4. The summed E-state index contributed by atoms with van der Waals surface area (Å²) in [5.41, 5.74) is 1.73. The van der Waals surface area contributed by atoms with E-state index >= 15 is 0 Å². The lowest BCUT2D eigenvalue weighted by Crippen LogP contribution is -2.33. The molecule has 2 heterocycles. The van der Waals surface area contributed by atoms with Gasteiger partial charge in [-0.05, 0) is 34.8 Å². The molecule has 0 unspecified atom stereocenters. The van der Waals surface area contributed by atoms with Crippen LogP contribution in [-0.2, 0) is 13.1 Å². The zero-order valence-corrected chi connectivity index (χ0v) is 17.9. The van der Waals surface area contributed by atoms with Crippen molar-refractivity contribution in [3.8, 4) is 11.8 Å². The highest BCUT2D eigenvalue weighted by molar-refractivity contribution is 6.04. The van der Waals surface area contributed by atoms with Crippen molar-refractivity contribution in [2.45, 2.75) is 19.7 Å². The van der Waals surface area contributed by atoms with E-state index in [9.17, 15) is 23.7 Å². The number of benzene rings is 2. The van der Waals surface area contributed by atoms with E-state index < -0.39 is 11.5 Å². The van der Waals surface area contributed by atoms with E-state index in [-0.39, 0.29) is 23.5 Å². The third kappa shape index (κ3) is 5.84. The normalized spacial score (nSPS) is 14.0. The van der Waals surface area contributed by atoms with Crippen LogP contribution in [0.4, 0.5) is 20.3 Å². The second-order valence-corrected chi connectivity index (χ2v) is 7.51. The number of ether oxygens (including phenoxy) is 2. The van der Waals surface area contributed by atoms with E-state index in [0.717, 1.165) is 5.56 Å². The minimum atomic E-state index is -2.95. The third-order valence-corrected chi connectivity index (χ3v) is 5.15. The van der Waals surface area contributed by atoms with Gasteiger partial charge in [0.2, 0.25) is 0 Å². The Morgan fingerprint density at radius 1 is 1.21 bits per heavy atom. The molecule has 1 aliphatic rings. The number of hydrogen-bond acceptors (Lipinski definition) is 7. The van der Waals surface area contributed by atoms with Gasteiger partial charge >= 0.3 is 18.4 Å². The Morgan fingerprint density at radius 2 is 2.00 bits per heavy atom. The van der Waals surface area contributed by atoms with Gasteiger partial charge in [0.15, 0.2) is 0 Å². The van der Waals surface area contributed by atoms with E-state index in [1.807, 2.05) is 12.1 Å². The van der Waals surface area contributed by atoms with Gasteiger partial charge in [-0.2, -0.15) is 8.78 Å². The molecule has 10 nitrogen and oxygen atoms in total. The predicted octanol–water partition coefficient (Wildman–Crippen LogP) is 3.54. The first-order valence-corrected chi connectivity index (χ1v) is 10.4. The summed E-state index contributed by atoms with van der Waals surface area (Å²) in [4.78, 5) is 28.9. The molecule has 0 atom stereocenters. The molecule has 12 heteroatoms. The molecule has 0 radical (unpaired) electrons. The van der Waals surface area contributed by atoms with Gasteiger partial charge in [-0.1, -0.05) is 18.2 Å². The molecule has 1 amide bonds. The molecule has 4 rings (SSSR count). The average Bonchev–Trinajstić information content (AvgIpc) is 3.18. The smallest absolute Gasteiger partial charge is 0.414 e. The molecule has 1 aromatic heterocycles. The fourth-order valence-electron chi connectivity index (χ4n) is 3.51. The lowest BCUT2D eigenvalue weighted by atomic mass is 10.1. The molecule has 1 aliphatic heterocycles. The first-order chi connectivity index (χ1) is 16.4. The van der Waals surface area contributed by atoms with Crippen molar-refractivity contribution in [2.75, 3.05) is 25.0 Å². The van der Waals surface area contributed by atoms with Crippen molar-refractivity contribution in [2.24, 2.45) is 0 Å². The zero-order chi connectivity index (χ0) is 24.1. The van der Waals surface area contributed by atoms with Crippen molar-refractivity contribution < 1.29 is 28.0 Å². The van der Waals surface area contributed by atoms with E-state index in [0.29, 0.717) is 44.0 Å². The number of anilines is 1. The van der Waals surface area contributed by atoms with Gasteiger partial charge in [-0.3, -0.25) is 14.3 Å². The van der Waals surface area contributed by atoms with Gasteiger partial charge < -0.3 is 24.9 Å². The lowest BCUT2D eigenvalue weighted by molar-refractivity contribution is -0.389. The molecule has 3 aromatic rings. The second kappa shape index (κ2) is 10.3. The van der Waals surface area contributed by atoms with Crippen LogP contribution < -0.4 is 14.8 Å². The van der Waals surface area contributed by atoms with Crippen LogP contribution >= 0.6 is 0 Å². The first kappa shape index (κ1) is 23.1. The van der Waals surface area contributed by atoms with Crippen molar-refractivity contribution in [1.82, 2.24) is 14.5 Å². The van der Waals surface area contributed by atoms with Crippen LogP contribution in [0.5, 0.6) is 11.8 Å². The van der Waals surface area contributed by atoms with Gasteiger partial charge in [0.1, 0.15) is 18.6 Å². The average molecular weight is 473 g/mol. The van der Waals surface area contributed by atoms with Crippen LogP contribution in [0.2, 0.25) is 0 Å². The molecule has 0 bridgehead atoms. The Bertz CT molecular complexity index is 1170. The summed E-state index contributed by atoms with van der Waals surface area (Å²) in [7, 11) is 0. The maximum Gasteiger partial charge on any atom is 0.414 e. The number of halogens is 2. The van der Waals surface area contributed by atoms with E-state index in [1.165, 1.54) is 24.4 Å². The van der Waals surface area contributed by atoms with Gasteiger partial charge in [-0.15, -0.1) is 0 Å². The van der Waals surface area contributed by atoms with Crippen LogP contribution in [-0.4, -0.2) is 51.6 Å². The van der Waals surface area contributed by atoms with Crippen LogP contribution in [0.3, 0.4) is 0 Å². The number of amides is 1. The number of rotatable bonds is 7. The minimum absolute atomic E-state index is 0.0437. The lowest BCUT2D eigenvalue weighted by Gasteiger charge is -2.24. The number of fused-ring (bicyclic) bond motifs is 1. The second-order valence-electron chi connectivity index (χ2n) is 7.51. The third-order valence-electron chi connectivity index (χ3n) is 5.15. The summed E-state index contributed by atoms with van der Waals surface area (Å²) in [6, 6.07) is 13.1. The van der Waals surface area contributed by atoms with Crippen LogP contribution in [0.1, 0.15) is 15.9 Å². The zero-order valence-electron chi connectivity index (χ0n) is 17.9. The molecule has 34 heavy (non-hydrogen) atoms. The topological polar surface area (TPSA) is 112 Å². The summed E-state index contributed by atoms with van der Waals surface area (Å²) in [5.74, 6) is -0.668. The molecule has 0 aliphatic carbocycles. The maximum absolute atomic E-state index is 12.5. The molecular weight excluding hydrogens is 452 g/mol. The Kier molecular flexibility index (Phi) is 6.97. The Morgan fingerprint density at radius 3 is 2.74 bits per heavy atom. The number of carbonyl (C=O) groups is 1. The summed E-state index contributed by atoms with van der Waals surface area (Å²) < 4.78 is 36.3. The Hall–Kier alpha value is -4.06. The van der Waals surface area contributed by atoms with Crippen LogP contribution in [0, 0.1) is 10.1 Å². The molecule has 0 spiro atoms. The van der Waals surface area contributed by atoms with Gasteiger partial charge in [0, 0.05) is 48.5 Å². The summed E-state index contributed by atoms with van der Waals surface area (Å²) in [6.07, 6.45) is 1.36. The number of imidazole rings is 1. The molecule has 0 saturated heterocycles. The van der Waals surface area contributed by atoms with Crippen molar-refractivity contribution in [3.63, 3.8) is 0 Å². The van der Waals surface area contributed by atoms with Crippen LogP contribution in [0.25, 0.3) is 0 Å². The summed E-state index contributed by atoms with van der Waals surface area (Å²) in [5, 5.41) is 13.6. The van der Waals surface area contributed by atoms with Crippen molar-refractivity contribution in [3.05, 3.63) is 76.0 Å². The minimum Gasteiger partial charge on any atom is -0.444 e. The number of alkyl halides is 2. The number of aromatic nitrogens is 2. The van der Waals surface area contributed by atoms with E-state index in [2.05, 4.69) is 19.9 Å². The molecule has 178 valence electrons. The summed E-state index contributed by atoms with van der Waals surface area (Å²) in [6.45, 7) is -0.263. The molecule has 2 aromatic carbocycles. The van der Waals surface area contributed by atoms with Gasteiger partial charge in [0.25, 0.3) is 5.91 Å². The predicted molar refractivity (Wildman–Crippen MR) is 117 cm³/mol. The summed E-state index contributed by atoms with van der Waals surface area (Å²) >= 11 is 0. The highest BCUT2D eigenvalue weighted by atomic mass is 19.3. The number of nitrogens with one attached hydrogen (secondary N) is 1. The number of nitro groups is 1. The molecule has 1 N–H and O–H groups in total. The highest BCUT2D eigenvalue weighted by Gasteiger charge is 2.23.